The summed E-state index contributed by atoms with van der Waals surface area (Å²) in [6, 6.07) is 10.2. The first-order chi connectivity index (χ1) is 12.6. The van der Waals surface area contributed by atoms with E-state index in [1.54, 1.807) is 0 Å². The third-order valence-electron chi connectivity index (χ3n) is 4.47. The summed E-state index contributed by atoms with van der Waals surface area (Å²) in [6.07, 6.45) is 0.849. The molecule has 0 saturated carbocycles. The van der Waals surface area contributed by atoms with Gasteiger partial charge in [-0.2, -0.15) is 0 Å². The van der Waals surface area contributed by atoms with Gasteiger partial charge in [-0.05, 0) is 37.7 Å². The molecule has 2 rings (SSSR count). The standard InChI is InChI=1S/C21H32N2O3/c1-5-25-20-13-22-21(26-6-2)19(23-20)12-18(16(3)4)15-24-14-17-10-8-7-9-11-17/h7-11,16,18-19H,5-6,12-15H2,1-4H3/t18-,19-/m1/s1. The zero-order valence-electron chi connectivity index (χ0n) is 16.5. The first kappa shape index (κ1) is 20.4. The van der Waals surface area contributed by atoms with Crippen LogP contribution in [0.25, 0.3) is 0 Å². The van der Waals surface area contributed by atoms with Gasteiger partial charge in [0.1, 0.15) is 12.6 Å². The Kier molecular flexibility index (Phi) is 8.62. The van der Waals surface area contributed by atoms with Crippen molar-refractivity contribution in [2.45, 2.75) is 46.8 Å². The fraction of sp³-hybridized carbons (Fsp3) is 0.619. The van der Waals surface area contributed by atoms with Crippen LogP contribution in [-0.2, 0) is 20.8 Å². The van der Waals surface area contributed by atoms with Crippen LogP contribution >= 0.6 is 0 Å². The summed E-state index contributed by atoms with van der Waals surface area (Å²) in [5.74, 6) is 2.29. The van der Waals surface area contributed by atoms with E-state index in [1.807, 2.05) is 32.0 Å². The van der Waals surface area contributed by atoms with E-state index in [1.165, 1.54) is 5.56 Å². The van der Waals surface area contributed by atoms with Gasteiger partial charge >= 0.3 is 0 Å². The van der Waals surface area contributed by atoms with Crippen molar-refractivity contribution in [3.63, 3.8) is 0 Å². The molecule has 1 aromatic carbocycles. The lowest BCUT2D eigenvalue weighted by molar-refractivity contribution is 0.0666. The Bertz CT molecular complexity index is 584. The molecule has 144 valence electrons. The Labute approximate surface area is 157 Å². The average Bonchev–Trinajstić information content (AvgIpc) is 2.64. The van der Waals surface area contributed by atoms with Crippen molar-refractivity contribution in [1.82, 2.24) is 0 Å². The number of benzene rings is 1. The fourth-order valence-electron chi connectivity index (χ4n) is 2.94. The minimum atomic E-state index is -0.0852. The number of hydrogen-bond donors (Lipinski definition) is 0. The number of nitrogens with zero attached hydrogens (tertiary/aromatic N) is 2. The van der Waals surface area contributed by atoms with Gasteiger partial charge in [-0.15, -0.1) is 0 Å². The highest BCUT2D eigenvalue weighted by molar-refractivity contribution is 5.91. The zero-order valence-corrected chi connectivity index (χ0v) is 16.5. The lowest BCUT2D eigenvalue weighted by atomic mass is 9.89. The van der Waals surface area contributed by atoms with Gasteiger partial charge in [-0.25, -0.2) is 9.98 Å². The minimum absolute atomic E-state index is 0.0852. The number of rotatable bonds is 9. The van der Waals surface area contributed by atoms with Gasteiger partial charge in [0, 0.05) is 0 Å². The first-order valence-electron chi connectivity index (χ1n) is 9.62. The molecular weight excluding hydrogens is 328 g/mol. The van der Waals surface area contributed by atoms with Crippen LogP contribution in [0.4, 0.5) is 0 Å². The first-order valence-corrected chi connectivity index (χ1v) is 9.62. The lowest BCUT2D eigenvalue weighted by Gasteiger charge is -2.27. The van der Waals surface area contributed by atoms with E-state index in [-0.39, 0.29) is 6.04 Å². The number of aliphatic imine (C=N–C) groups is 2. The molecule has 0 spiro atoms. The number of ether oxygens (including phenoxy) is 3. The Balaban J connectivity index is 1.96. The quantitative estimate of drug-likeness (QED) is 0.666. The van der Waals surface area contributed by atoms with Gasteiger partial charge in [0.2, 0.25) is 11.8 Å². The predicted molar refractivity (Wildman–Crippen MR) is 106 cm³/mol. The predicted octanol–water partition coefficient (Wildman–Crippen LogP) is 4.12. The van der Waals surface area contributed by atoms with Crippen molar-refractivity contribution >= 4 is 11.8 Å². The molecule has 0 aliphatic carbocycles. The summed E-state index contributed by atoms with van der Waals surface area (Å²) >= 11 is 0. The molecule has 1 aliphatic heterocycles. The molecule has 0 saturated heterocycles. The molecule has 0 amide bonds. The fourth-order valence-corrected chi connectivity index (χ4v) is 2.94. The summed E-state index contributed by atoms with van der Waals surface area (Å²) in [5, 5.41) is 0. The van der Waals surface area contributed by atoms with Crippen molar-refractivity contribution in [2.24, 2.45) is 21.8 Å². The summed E-state index contributed by atoms with van der Waals surface area (Å²) < 4.78 is 17.3. The maximum absolute atomic E-state index is 5.99. The van der Waals surface area contributed by atoms with E-state index in [4.69, 9.17) is 19.2 Å². The molecule has 0 aromatic heterocycles. The van der Waals surface area contributed by atoms with E-state index in [9.17, 15) is 0 Å². The summed E-state index contributed by atoms with van der Waals surface area (Å²) in [6.45, 7) is 11.4. The van der Waals surface area contributed by atoms with Crippen LogP contribution < -0.4 is 0 Å². The molecule has 5 nitrogen and oxygen atoms in total. The molecular formula is C21H32N2O3. The van der Waals surface area contributed by atoms with E-state index in [2.05, 4.69) is 31.0 Å². The second-order valence-electron chi connectivity index (χ2n) is 6.80. The van der Waals surface area contributed by atoms with Gasteiger partial charge in [-0.1, -0.05) is 44.2 Å². The molecule has 0 fully saturated rings. The number of hydrogen-bond acceptors (Lipinski definition) is 5. The van der Waals surface area contributed by atoms with Crippen LogP contribution in [0.2, 0.25) is 0 Å². The Morgan fingerprint density at radius 2 is 1.81 bits per heavy atom. The SMILES string of the molecule is CCOC1=N[C@H](C[C@H](COCc2ccccc2)C(C)C)C(OCC)=NC1. The highest BCUT2D eigenvalue weighted by atomic mass is 16.5. The molecule has 1 heterocycles. The van der Waals surface area contributed by atoms with Crippen molar-refractivity contribution in [3.05, 3.63) is 35.9 Å². The van der Waals surface area contributed by atoms with Crippen LogP contribution in [-0.4, -0.2) is 44.2 Å². The highest BCUT2D eigenvalue weighted by Gasteiger charge is 2.27. The Morgan fingerprint density at radius 1 is 1.08 bits per heavy atom. The second-order valence-corrected chi connectivity index (χ2v) is 6.80. The van der Waals surface area contributed by atoms with Crippen LogP contribution in [0.3, 0.4) is 0 Å². The lowest BCUT2D eigenvalue weighted by Crippen LogP contribution is -2.33. The maximum atomic E-state index is 5.99. The van der Waals surface area contributed by atoms with E-state index in [0.717, 1.165) is 12.3 Å². The minimum Gasteiger partial charge on any atom is -0.480 e. The van der Waals surface area contributed by atoms with Gasteiger partial charge in [0.15, 0.2) is 0 Å². The molecule has 1 aliphatic rings. The molecule has 1 aromatic rings. The molecule has 2 atom stereocenters. The van der Waals surface area contributed by atoms with Crippen molar-refractivity contribution in [2.75, 3.05) is 26.4 Å². The third-order valence-corrected chi connectivity index (χ3v) is 4.47. The monoisotopic (exact) mass is 360 g/mol. The summed E-state index contributed by atoms with van der Waals surface area (Å²) in [5.41, 5.74) is 1.20. The average molecular weight is 360 g/mol. The molecule has 0 radical (unpaired) electrons. The largest absolute Gasteiger partial charge is 0.480 e. The summed E-state index contributed by atoms with van der Waals surface area (Å²) in [7, 11) is 0. The topological polar surface area (TPSA) is 52.4 Å². The van der Waals surface area contributed by atoms with Crippen LogP contribution in [0.5, 0.6) is 0 Å². The van der Waals surface area contributed by atoms with Crippen molar-refractivity contribution < 1.29 is 14.2 Å². The Morgan fingerprint density at radius 3 is 2.46 bits per heavy atom. The van der Waals surface area contributed by atoms with Crippen molar-refractivity contribution in [3.8, 4) is 0 Å². The molecule has 5 heteroatoms. The molecule has 26 heavy (non-hydrogen) atoms. The smallest absolute Gasteiger partial charge is 0.209 e. The van der Waals surface area contributed by atoms with Gasteiger partial charge < -0.3 is 14.2 Å². The van der Waals surface area contributed by atoms with E-state index >= 15 is 0 Å². The van der Waals surface area contributed by atoms with Crippen LogP contribution in [0, 0.1) is 11.8 Å². The van der Waals surface area contributed by atoms with Crippen LogP contribution in [0.15, 0.2) is 40.3 Å². The molecule has 0 N–H and O–H groups in total. The van der Waals surface area contributed by atoms with E-state index in [0.29, 0.717) is 50.7 Å². The Hall–Kier alpha value is -1.88. The summed E-state index contributed by atoms with van der Waals surface area (Å²) in [4.78, 5) is 9.28. The van der Waals surface area contributed by atoms with Gasteiger partial charge in [0.05, 0.1) is 26.4 Å². The van der Waals surface area contributed by atoms with Crippen LogP contribution in [0.1, 0.15) is 39.7 Å². The van der Waals surface area contributed by atoms with E-state index < -0.39 is 0 Å². The van der Waals surface area contributed by atoms with Gasteiger partial charge in [0.25, 0.3) is 0 Å². The normalized spacial score (nSPS) is 18.3. The highest BCUT2D eigenvalue weighted by Crippen LogP contribution is 2.23. The zero-order chi connectivity index (χ0) is 18.8. The molecule has 0 bridgehead atoms. The van der Waals surface area contributed by atoms with Gasteiger partial charge in [-0.3, -0.25) is 0 Å². The maximum Gasteiger partial charge on any atom is 0.209 e. The molecule has 0 unspecified atom stereocenters. The second kappa shape index (κ2) is 11.0. The third kappa shape index (κ3) is 6.45. The van der Waals surface area contributed by atoms with Crippen molar-refractivity contribution in [1.29, 1.82) is 0 Å².